The molecular weight excluding hydrogens is 642 g/mol. The molecule has 4 fully saturated rings. The molecule has 0 amide bonds. The third kappa shape index (κ3) is 3.85. The molecule has 14 nitrogen and oxygen atoms in total. The number of benzene rings is 1. The maximum absolute atomic E-state index is 14.5. The Hall–Kier alpha value is -4.49. The summed E-state index contributed by atoms with van der Waals surface area (Å²) in [5, 5.41) is 11.5. The quantitative estimate of drug-likeness (QED) is 0.137. The number of carbonyl (C=O) groups excluding carboxylic acids is 4. The summed E-state index contributed by atoms with van der Waals surface area (Å²) in [6.45, 7) is 13.1. The third-order valence-corrected chi connectivity index (χ3v) is 13.2. The molecule has 49 heavy (non-hydrogen) atoms. The summed E-state index contributed by atoms with van der Waals surface area (Å²) in [7, 11) is 0. The van der Waals surface area contributed by atoms with Crippen molar-refractivity contribution < 1.29 is 52.2 Å². The van der Waals surface area contributed by atoms with Gasteiger partial charge in [0.2, 0.25) is 17.7 Å². The number of hydrogen-bond acceptors (Lipinski definition) is 13. The average molecular weight is 682 g/mol. The van der Waals surface area contributed by atoms with E-state index in [0.717, 1.165) is 0 Å². The molecule has 2 saturated carbocycles. The second-order valence-electron chi connectivity index (χ2n) is 16.2. The highest BCUT2D eigenvalue weighted by Gasteiger charge is 2.78. The van der Waals surface area contributed by atoms with E-state index in [1.165, 1.54) is 6.07 Å². The zero-order chi connectivity index (χ0) is 35.9. The van der Waals surface area contributed by atoms with Gasteiger partial charge in [-0.05, 0) is 71.6 Å². The minimum Gasteiger partial charge on any atom is -0.483 e. The number of carbonyl (C=O) groups is 4. The number of nitrogens with zero attached hydrogens (tertiary/aromatic N) is 1. The number of nitro groups is 1. The van der Waals surface area contributed by atoms with Crippen LogP contribution in [0.25, 0.3) is 11.0 Å². The standard InChI is InChI=1S/C35H39NO13/c1-29(2)23(46-28(41)35-14-12-33(8,26(39)49-35)31(35,5)6)22(45-27(40)34-13-11-32(7,25(38)48-34)30(34,3)4)20-19(47-29)10-9-17-15-18(16-36(42)43)24(37)44-21(17)20/h9-10,15,22-23H,11-14,16H2,1-8H3/t22-,23-,32+,33+,34-,35-/m1/s1. The maximum Gasteiger partial charge on any atom is 0.351 e. The Morgan fingerprint density at radius 2 is 1.35 bits per heavy atom. The van der Waals surface area contributed by atoms with Crippen molar-refractivity contribution in [2.45, 2.75) is 117 Å². The van der Waals surface area contributed by atoms with Crippen LogP contribution >= 0.6 is 0 Å². The summed E-state index contributed by atoms with van der Waals surface area (Å²) >= 11 is 0. The first-order valence-corrected chi connectivity index (χ1v) is 16.4. The van der Waals surface area contributed by atoms with Crippen molar-refractivity contribution in [2.24, 2.45) is 21.7 Å². The van der Waals surface area contributed by atoms with Gasteiger partial charge in [-0.15, -0.1) is 0 Å². The van der Waals surface area contributed by atoms with Gasteiger partial charge in [0, 0.05) is 21.1 Å². The molecule has 1 aromatic heterocycles. The Morgan fingerprint density at radius 3 is 1.82 bits per heavy atom. The van der Waals surface area contributed by atoms with Crippen LogP contribution in [0.5, 0.6) is 5.75 Å². The van der Waals surface area contributed by atoms with Gasteiger partial charge in [-0.3, -0.25) is 19.7 Å². The van der Waals surface area contributed by atoms with Gasteiger partial charge in [0.25, 0.3) is 0 Å². The molecule has 2 saturated heterocycles. The van der Waals surface area contributed by atoms with E-state index < -0.39 is 91.6 Å². The SMILES string of the molecule is CC1(C)Oc2ccc3cc(C[N+](=O)[O-])c(=O)oc3c2[C@@H](OC(=O)[C@@]23CC[C@@](C)(C(=O)O2)C3(C)C)[C@H]1OC(=O)[C@@]12CC[C@@](C)(C(=O)O1)C2(C)C. The maximum atomic E-state index is 14.5. The Balaban J connectivity index is 1.37. The van der Waals surface area contributed by atoms with E-state index in [2.05, 4.69) is 0 Å². The van der Waals surface area contributed by atoms with Crippen molar-refractivity contribution in [1.82, 2.24) is 0 Å². The van der Waals surface area contributed by atoms with Gasteiger partial charge in [0.15, 0.2) is 12.2 Å². The third-order valence-electron chi connectivity index (χ3n) is 13.2. The molecule has 6 atom stereocenters. The van der Waals surface area contributed by atoms with Gasteiger partial charge < -0.3 is 28.1 Å². The van der Waals surface area contributed by atoms with Crippen LogP contribution in [0.2, 0.25) is 0 Å². The second kappa shape index (κ2) is 9.60. The van der Waals surface area contributed by atoms with E-state index >= 15 is 0 Å². The summed E-state index contributed by atoms with van der Waals surface area (Å²) < 4.78 is 36.2. The first-order chi connectivity index (χ1) is 22.6. The van der Waals surface area contributed by atoms with E-state index in [4.69, 9.17) is 28.1 Å². The van der Waals surface area contributed by atoms with Crippen LogP contribution in [0.4, 0.5) is 0 Å². The summed E-state index contributed by atoms with van der Waals surface area (Å²) in [5.41, 5.74) is -9.77. The van der Waals surface area contributed by atoms with E-state index in [-0.39, 0.29) is 40.7 Å². The smallest absolute Gasteiger partial charge is 0.351 e. The summed E-state index contributed by atoms with van der Waals surface area (Å²) in [5.74, 6) is -2.64. The molecule has 0 unspecified atom stereocenters. The first kappa shape index (κ1) is 33.0. The molecule has 5 aliphatic rings. The zero-order valence-corrected chi connectivity index (χ0v) is 28.7. The van der Waals surface area contributed by atoms with Crippen molar-refractivity contribution in [2.75, 3.05) is 0 Å². The number of esters is 4. The molecule has 4 bridgehead atoms. The van der Waals surface area contributed by atoms with Crippen LogP contribution in [0.1, 0.15) is 98.3 Å². The van der Waals surface area contributed by atoms with Gasteiger partial charge >= 0.3 is 29.5 Å². The highest BCUT2D eigenvalue weighted by Crippen LogP contribution is 2.67. The Kier molecular flexibility index (Phi) is 6.47. The lowest BCUT2D eigenvalue weighted by atomic mass is 9.66. The highest BCUT2D eigenvalue weighted by molar-refractivity contribution is 5.95. The first-order valence-electron chi connectivity index (χ1n) is 16.4. The summed E-state index contributed by atoms with van der Waals surface area (Å²) in [6, 6.07) is 4.40. The molecule has 1 aromatic carbocycles. The number of fused-ring (bicyclic) bond motifs is 7. The minimum atomic E-state index is -1.67. The van der Waals surface area contributed by atoms with Crippen LogP contribution in [-0.2, 0) is 44.7 Å². The lowest BCUT2D eigenvalue weighted by Crippen LogP contribution is -2.57. The number of ether oxygens (including phenoxy) is 5. The molecule has 3 aliphatic heterocycles. The van der Waals surface area contributed by atoms with Crippen LogP contribution in [0.3, 0.4) is 0 Å². The van der Waals surface area contributed by atoms with Crippen LogP contribution in [0, 0.1) is 31.8 Å². The van der Waals surface area contributed by atoms with Crippen LogP contribution in [-0.4, -0.2) is 51.7 Å². The van der Waals surface area contributed by atoms with Gasteiger partial charge in [-0.2, -0.15) is 0 Å². The predicted octanol–water partition coefficient (Wildman–Crippen LogP) is 4.48. The van der Waals surface area contributed by atoms with Crippen molar-refractivity contribution in [3.63, 3.8) is 0 Å². The molecule has 0 N–H and O–H groups in total. The Bertz CT molecular complexity index is 1960. The van der Waals surface area contributed by atoms with Gasteiger partial charge in [0.05, 0.1) is 16.4 Å². The fourth-order valence-corrected chi connectivity index (χ4v) is 8.85. The molecule has 262 valence electrons. The van der Waals surface area contributed by atoms with Crippen molar-refractivity contribution >= 4 is 34.8 Å². The topological polar surface area (TPSA) is 188 Å². The highest BCUT2D eigenvalue weighted by atomic mass is 16.7. The lowest BCUT2D eigenvalue weighted by molar-refractivity contribution is -0.497. The van der Waals surface area contributed by atoms with Crippen LogP contribution in [0.15, 0.2) is 27.4 Å². The fraction of sp³-hybridized carbons (Fsp3) is 0.629. The average Bonchev–Trinajstić information content (AvgIpc) is 3.46. The lowest BCUT2D eigenvalue weighted by Gasteiger charge is -2.45. The monoisotopic (exact) mass is 681 g/mol. The van der Waals surface area contributed by atoms with Crippen molar-refractivity contribution in [3.05, 3.63) is 49.9 Å². The molecule has 0 spiro atoms. The Labute approximate surface area is 280 Å². The summed E-state index contributed by atoms with van der Waals surface area (Å²) in [4.78, 5) is 78.6. The molecule has 0 radical (unpaired) electrons. The molecule has 2 aliphatic carbocycles. The van der Waals surface area contributed by atoms with Gasteiger partial charge in [-0.25, -0.2) is 14.4 Å². The van der Waals surface area contributed by atoms with Gasteiger partial charge in [0.1, 0.15) is 22.5 Å². The fourth-order valence-electron chi connectivity index (χ4n) is 8.85. The molecular formula is C35H39NO13. The normalized spacial score (nSPS) is 35.7. The summed E-state index contributed by atoms with van der Waals surface area (Å²) in [6.07, 6.45) is -1.74. The number of hydrogen-bond donors (Lipinski definition) is 0. The second-order valence-corrected chi connectivity index (χ2v) is 16.2. The van der Waals surface area contributed by atoms with Crippen molar-refractivity contribution in [1.29, 1.82) is 0 Å². The van der Waals surface area contributed by atoms with Crippen LogP contribution < -0.4 is 10.4 Å². The minimum absolute atomic E-state index is 0.0449. The van der Waals surface area contributed by atoms with E-state index in [9.17, 15) is 34.1 Å². The van der Waals surface area contributed by atoms with Gasteiger partial charge in [-0.1, -0.05) is 27.7 Å². The van der Waals surface area contributed by atoms with E-state index in [1.807, 2.05) is 0 Å². The van der Waals surface area contributed by atoms with E-state index in [0.29, 0.717) is 12.8 Å². The number of rotatable bonds is 6. The largest absolute Gasteiger partial charge is 0.483 e. The Morgan fingerprint density at radius 1 is 0.816 bits per heavy atom. The van der Waals surface area contributed by atoms with Crippen molar-refractivity contribution in [3.8, 4) is 5.75 Å². The molecule has 7 rings (SSSR count). The molecule has 2 aromatic rings. The zero-order valence-electron chi connectivity index (χ0n) is 28.7. The molecule has 4 heterocycles. The molecule has 14 heteroatoms. The van der Waals surface area contributed by atoms with E-state index in [1.54, 1.807) is 67.5 Å². The predicted molar refractivity (Wildman–Crippen MR) is 166 cm³/mol.